The van der Waals surface area contributed by atoms with Crippen molar-refractivity contribution in [2.45, 2.75) is 277 Å². The number of piperidine rings is 3. The van der Waals surface area contributed by atoms with E-state index in [1.807, 2.05) is 132 Å². The maximum absolute atomic E-state index is 13.1. The van der Waals surface area contributed by atoms with Crippen LogP contribution in [0.1, 0.15) is 271 Å². The lowest BCUT2D eigenvalue weighted by Crippen LogP contribution is -2.43. The molecule has 1 aromatic carbocycles. The maximum atomic E-state index is 13.1. The van der Waals surface area contributed by atoms with Crippen LogP contribution >= 0.6 is 0 Å². The molecule has 8 aliphatic rings. The highest BCUT2D eigenvalue weighted by Crippen LogP contribution is 2.39. The molecule has 4 aromatic rings. The van der Waals surface area contributed by atoms with Crippen LogP contribution in [0.15, 0.2) is 79.9 Å². The number of nitrogens with two attached hydrogens (primary N) is 1. The van der Waals surface area contributed by atoms with Gasteiger partial charge in [0.1, 0.15) is 22.4 Å². The third-order valence-corrected chi connectivity index (χ3v) is 24.9. The molecule has 6 heterocycles. The molecule has 8 amide bonds. The molecule has 0 atom stereocenters. The number of allylic oxidation sites excluding steroid dienone is 1. The summed E-state index contributed by atoms with van der Waals surface area (Å²) < 4.78 is 23.9. The molecule has 0 bridgehead atoms. The van der Waals surface area contributed by atoms with Crippen LogP contribution in [0.4, 0.5) is 24.9 Å². The number of amides is 8. The quantitative estimate of drug-likeness (QED) is 0.0616. The number of hydrogen-bond acceptors (Lipinski definition) is 16. The number of aromatic nitrogens is 5. The third-order valence-electron chi connectivity index (χ3n) is 24.9. The predicted molar refractivity (Wildman–Crippen MR) is 464 cm³/mol. The number of aromatic amines is 1. The van der Waals surface area contributed by atoms with Crippen molar-refractivity contribution in [2.24, 2.45) is 47.3 Å². The van der Waals surface area contributed by atoms with E-state index < -0.39 is 22.4 Å². The van der Waals surface area contributed by atoms with Crippen LogP contribution in [0.2, 0.25) is 0 Å². The van der Waals surface area contributed by atoms with Crippen LogP contribution in [-0.4, -0.2) is 229 Å². The van der Waals surface area contributed by atoms with Crippen molar-refractivity contribution in [3.63, 3.8) is 0 Å². The van der Waals surface area contributed by atoms with Gasteiger partial charge in [-0.2, -0.15) is 0 Å². The van der Waals surface area contributed by atoms with Gasteiger partial charge in [-0.15, -0.1) is 0 Å². The normalized spacial score (nSPS) is 22.7. The lowest BCUT2D eigenvalue weighted by molar-refractivity contribution is -0.139. The maximum Gasteiger partial charge on any atom is 0.410 e. The Morgan fingerprint density at radius 2 is 0.849 bits per heavy atom. The minimum absolute atomic E-state index is 0.0830. The zero-order valence-electron chi connectivity index (χ0n) is 75.0. The monoisotopic (exact) mass is 1650 g/mol. The number of carbonyl (C=O) groups excluding carboxylic acids is 8. The van der Waals surface area contributed by atoms with Gasteiger partial charge in [-0.3, -0.25) is 24.2 Å². The SMILES string of the molecule is CN(CC1CCC(C(=O)N2CCC(c3ccc(N)cc3)CC2)CC1)C(=O)OC(C)(C)C.CN(CC1CCC(C(=O)N2CCC(c3cnc[nH]3)CC2)CC1)C(=O)OC(C)(C)C.CN(CC1CCC(C(=O)N2CCC(n3ccnc3)CC2)CC1)C(=O)OC(C)(C)C.CN(CC1CCC(C(=O)NCCC2=CCc3ncccc32)CC1)C(=O)OC(C)(C)C. The fourth-order valence-electron chi connectivity index (χ4n) is 18.3. The van der Waals surface area contributed by atoms with E-state index in [1.54, 1.807) is 54.1 Å². The van der Waals surface area contributed by atoms with Crippen LogP contribution < -0.4 is 11.1 Å². The smallest absolute Gasteiger partial charge is 0.410 e. The van der Waals surface area contributed by atoms with E-state index in [-0.39, 0.29) is 54.0 Å². The molecule has 0 unspecified atom stereocenters. The molecule has 660 valence electrons. The predicted octanol–water partition coefficient (Wildman–Crippen LogP) is 16.4. The number of fused-ring (bicyclic) bond motifs is 1. The van der Waals surface area contributed by atoms with Gasteiger partial charge in [-0.25, -0.2) is 29.1 Å². The number of anilines is 1. The van der Waals surface area contributed by atoms with Crippen LogP contribution in [0.3, 0.4) is 0 Å². The number of likely N-dealkylation sites (tertiary alicyclic amines) is 3. The van der Waals surface area contributed by atoms with Gasteiger partial charge in [0.15, 0.2) is 0 Å². The Hall–Kier alpha value is -8.71. The van der Waals surface area contributed by atoms with Gasteiger partial charge in [0.2, 0.25) is 23.6 Å². The van der Waals surface area contributed by atoms with Gasteiger partial charge in [0.05, 0.1) is 18.3 Å². The third kappa shape index (κ3) is 30.4. The largest absolute Gasteiger partial charge is 0.444 e. The second-order valence-corrected chi connectivity index (χ2v) is 39.2. The molecule has 3 aromatic heterocycles. The number of hydrogen-bond donors (Lipinski definition) is 3. The number of nitrogens with one attached hydrogen (secondary N) is 2. The molecule has 5 aliphatic carbocycles. The summed E-state index contributed by atoms with van der Waals surface area (Å²) >= 11 is 0. The van der Waals surface area contributed by atoms with Crippen LogP contribution in [-0.2, 0) is 44.5 Å². The number of carbonyl (C=O) groups is 8. The van der Waals surface area contributed by atoms with Gasteiger partial charge >= 0.3 is 24.4 Å². The fraction of sp³-hybridized carbons (Fsp3) is 0.710. The standard InChI is InChI=1S/C25H39N3O3.C24H35N3O3.2C22H36N4O3/c1-25(2,3)31-24(30)27(4)17-18-5-7-21(8-6-18)23(29)28-15-13-20(14-16-28)19-9-11-22(26)12-10-19;1-24(2,3)30-23(29)27(4)16-17-7-9-19(10-8-17)22(28)26-15-13-18-11-12-21-20(18)6-5-14-25-21;1-22(2,3)29-21(28)24(4)15-17-5-7-18(8-6-17)20(27)25-12-9-19(10-13-25)26-14-11-23-16-26;1-22(2,3)29-21(28)25(4)14-16-5-7-18(8-6-16)20(27)26-11-9-17(10-12-26)19-13-23-15-24-19/h9-12,18,20-21H,5-8,13-17,26H2,1-4H3;5-6,11,14,17,19H,7-10,12-13,15-16H2,1-4H3,(H,26,28);11,14,16-19H,5-10,12-13,15H2,1-4H3;13,15-18H,5-12,14H2,1-4H3,(H,23,24). The topological polar surface area (TPSA) is 294 Å². The van der Waals surface area contributed by atoms with Gasteiger partial charge in [-0.1, -0.05) is 24.3 Å². The van der Waals surface area contributed by atoms with E-state index >= 15 is 0 Å². The molecule has 3 saturated heterocycles. The minimum atomic E-state index is -0.478. The lowest BCUT2D eigenvalue weighted by Gasteiger charge is -2.37. The van der Waals surface area contributed by atoms with E-state index in [0.29, 0.717) is 92.0 Å². The Kier molecular flexibility index (Phi) is 34.6. The highest BCUT2D eigenvalue weighted by molar-refractivity contribution is 5.81. The Labute approximate surface area is 710 Å². The number of nitrogen functional groups attached to an aromatic ring is 1. The highest BCUT2D eigenvalue weighted by atomic mass is 16.6. The molecular weight excluding hydrogens is 1510 g/mol. The first-order valence-corrected chi connectivity index (χ1v) is 44.7. The number of nitrogens with zero attached hydrogens (tertiary/aromatic N) is 11. The number of rotatable bonds is 18. The molecule has 0 radical (unpaired) electrons. The average Bonchev–Trinajstić information content (AvgIpc) is 1.81. The van der Waals surface area contributed by atoms with Crippen molar-refractivity contribution in [1.29, 1.82) is 0 Å². The highest BCUT2D eigenvalue weighted by Gasteiger charge is 2.38. The Bertz CT molecular complexity index is 3740. The molecule has 4 saturated carbocycles. The molecule has 119 heavy (non-hydrogen) atoms. The molecular formula is C93H146N14O12. The van der Waals surface area contributed by atoms with Gasteiger partial charge < -0.3 is 73.8 Å². The Morgan fingerprint density at radius 3 is 1.21 bits per heavy atom. The number of imidazole rings is 2. The zero-order valence-corrected chi connectivity index (χ0v) is 75.0. The molecule has 0 spiro atoms. The first-order valence-electron chi connectivity index (χ1n) is 44.7. The molecule has 12 rings (SSSR count). The minimum Gasteiger partial charge on any atom is -0.444 e. The fourth-order valence-corrected chi connectivity index (χ4v) is 18.3. The van der Waals surface area contributed by atoms with Crippen molar-refractivity contribution < 1.29 is 57.3 Å². The van der Waals surface area contributed by atoms with Crippen LogP contribution in [0.25, 0.3) is 5.57 Å². The van der Waals surface area contributed by atoms with Crippen molar-refractivity contribution in [3.05, 3.63) is 102 Å². The summed E-state index contributed by atoms with van der Waals surface area (Å²) in [6.45, 7) is 31.1. The summed E-state index contributed by atoms with van der Waals surface area (Å²) in [4.78, 5) is 129. The summed E-state index contributed by atoms with van der Waals surface area (Å²) in [5.41, 5.74) is 10.9. The molecule has 26 nitrogen and oxygen atoms in total. The molecule has 26 heteroatoms. The van der Waals surface area contributed by atoms with Crippen molar-refractivity contribution in [2.75, 3.05) is 106 Å². The first-order chi connectivity index (χ1) is 56.3. The number of ether oxygens (including phenoxy) is 4. The Morgan fingerprint density at radius 1 is 0.471 bits per heavy atom. The number of benzene rings is 1. The summed E-state index contributed by atoms with van der Waals surface area (Å²) in [5, 5.41) is 3.12. The van der Waals surface area contributed by atoms with Gasteiger partial charge in [0.25, 0.3) is 0 Å². The Balaban J connectivity index is 0.000000181. The van der Waals surface area contributed by atoms with Crippen molar-refractivity contribution in [3.8, 4) is 0 Å². The van der Waals surface area contributed by atoms with Crippen molar-refractivity contribution in [1.82, 2.24) is 64.1 Å². The molecule has 7 fully saturated rings. The van der Waals surface area contributed by atoms with E-state index in [1.165, 1.54) is 22.4 Å². The van der Waals surface area contributed by atoms with Crippen molar-refractivity contribution >= 4 is 59.3 Å². The second-order valence-electron chi connectivity index (χ2n) is 39.2. The summed E-state index contributed by atoms with van der Waals surface area (Å²) in [5.74, 6) is 4.42. The molecule has 3 aliphatic heterocycles. The number of H-pyrrole nitrogens is 1. The number of pyridine rings is 1. The van der Waals surface area contributed by atoms with Gasteiger partial charge in [0, 0.05) is 178 Å². The summed E-state index contributed by atoms with van der Waals surface area (Å²) in [6, 6.07) is 12.7. The van der Waals surface area contributed by atoms with E-state index in [4.69, 9.17) is 24.7 Å². The average molecular weight is 1650 g/mol. The molecule has 4 N–H and O–H groups in total. The van der Waals surface area contributed by atoms with Crippen LogP contribution in [0.5, 0.6) is 0 Å². The second kappa shape index (κ2) is 43.7. The zero-order chi connectivity index (χ0) is 86.4. The van der Waals surface area contributed by atoms with Gasteiger partial charge in [-0.05, 0) is 295 Å². The first kappa shape index (κ1) is 94.1. The summed E-state index contributed by atoms with van der Waals surface area (Å²) in [6.07, 6.45) is 35.3. The van der Waals surface area contributed by atoms with Crippen LogP contribution in [0, 0.1) is 47.3 Å². The van der Waals surface area contributed by atoms with E-state index in [0.717, 1.165) is 205 Å². The lowest BCUT2D eigenvalue weighted by atomic mass is 9.80. The van der Waals surface area contributed by atoms with E-state index in [9.17, 15) is 38.4 Å². The van der Waals surface area contributed by atoms with E-state index in [2.05, 4.69) is 68.8 Å². The summed E-state index contributed by atoms with van der Waals surface area (Å²) in [7, 11) is 7.19.